The molecule has 6 nitrogen and oxygen atoms in total. The Kier molecular flexibility index (Phi) is 4.14. The fourth-order valence-corrected chi connectivity index (χ4v) is 2.38. The van der Waals surface area contributed by atoms with E-state index in [0.29, 0.717) is 37.1 Å². The topological polar surface area (TPSA) is 92.5 Å². The van der Waals surface area contributed by atoms with E-state index in [9.17, 15) is 14.4 Å². The van der Waals surface area contributed by atoms with Crippen molar-refractivity contribution in [2.24, 2.45) is 5.84 Å². The summed E-state index contributed by atoms with van der Waals surface area (Å²) in [6.45, 7) is 2.31. The van der Waals surface area contributed by atoms with Gasteiger partial charge in [0.1, 0.15) is 0 Å². The highest BCUT2D eigenvalue weighted by molar-refractivity contribution is 6.52. The number of hydrogen-bond donors (Lipinski definition) is 2. The van der Waals surface area contributed by atoms with Gasteiger partial charge in [0.25, 0.3) is 11.7 Å². The van der Waals surface area contributed by atoms with Crippen LogP contribution >= 0.6 is 0 Å². The molecular formula is C14H17N3O3. The summed E-state index contributed by atoms with van der Waals surface area (Å²) >= 11 is 0. The van der Waals surface area contributed by atoms with Gasteiger partial charge in [-0.05, 0) is 31.4 Å². The lowest BCUT2D eigenvalue weighted by Gasteiger charge is -2.18. The summed E-state index contributed by atoms with van der Waals surface area (Å²) in [5.74, 6) is 3.82. The Morgan fingerprint density at radius 1 is 1.30 bits per heavy atom. The Balaban J connectivity index is 2.05. The van der Waals surface area contributed by atoms with Gasteiger partial charge in [0, 0.05) is 13.0 Å². The number of para-hydroxylation sites is 1. The molecule has 0 saturated carbocycles. The normalized spacial score (nSPS) is 13.6. The first-order chi connectivity index (χ1) is 9.56. The smallest absolute Gasteiger partial charge is 0.299 e. The molecule has 0 radical (unpaired) electrons. The van der Waals surface area contributed by atoms with Gasteiger partial charge in [-0.2, -0.15) is 0 Å². The van der Waals surface area contributed by atoms with E-state index in [4.69, 9.17) is 5.84 Å². The van der Waals surface area contributed by atoms with E-state index in [2.05, 4.69) is 5.43 Å². The minimum Gasteiger partial charge on any atom is -0.304 e. The van der Waals surface area contributed by atoms with Crippen LogP contribution in [0.1, 0.15) is 35.2 Å². The van der Waals surface area contributed by atoms with E-state index < -0.39 is 11.7 Å². The summed E-state index contributed by atoms with van der Waals surface area (Å²) in [4.78, 5) is 36.4. The third kappa shape index (κ3) is 2.55. The molecule has 1 aromatic rings. The third-order valence-corrected chi connectivity index (χ3v) is 3.39. The molecule has 0 bridgehead atoms. The summed E-state index contributed by atoms with van der Waals surface area (Å²) in [5.41, 5.74) is 4.13. The molecule has 0 unspecified atom stereocenters. The standard InChI is InChI=1S/C14H17N3O3/c1-9-5-4-6-10-12(9)17(14(20)13(10)19)8-3-2-7-11(18)16-15/h4-6H,2-3,7-8,15H2,1H3,(H,16,18). The van der Waals surface area contributed by atoms with E-state index in [1.165, 1.54) is 4.90 Å². The molecule has 1 aliphatic rings. The Morgan fingerprint density at radius 2 is 2.05 bits per heavy atom. The summed E-state index contributed by atoms with van der Waals surface area (Å²) in [6.07, 6.45) is 1.57. The molecule has 3 N–H and O–H groups in total. The molecular weight excluding hydrogens is 258 g/mol. The number of benzene rings is 1. The number of carbonyl (C=O) groups excluding carboxylic acids is 3. The van der Waals surface area contributed by atoms with Gasteiger partial charge in [0.2, 0.25) is 5.91 Å². The molecule has 0 spiro atoms. The van der Waals surface area contributed by atoms with Crippen LogP contribution in [0.3, 0.4) is 0 Å². The zero-order valence-corrected chi connectivity index (χ0v) is 11.3. The largest absolute Gasteiger partial charge is 0.304 e. The van der Waals surface area contributed by atoms with Crippen LogP contribution in [0, 0.1) is 6.92 Å². The second-order valence-corrected chi connectivity index (χ2v) is 4.78. The molecule has 1 aromatic carbocycles. The fourth-order valence-electron chi connectivity index (χ4n) is 2.38. The van der Waals surface area contributed by atoms with Crippen molar-refractivity contribution in [3.63, 3.8) is 0 Å². The molecule has 0 aromatic heterocycles. The van der Waals surface area contributed by atoms with Crippen LogP contribution in [0.25, 0.3) is 0 Å². The van der Waals surface area contributed by atoms with Crippen LogP contribution in [-0.4, -0.2) is 24.1 Å². The first-order valence-electron chi connectivity index (χ1n) is 6.51. The Labute approximate surface area is 116 Å². The number of anilines is 1. The molecule has 2 amide bonds. The number of fused-ring (bicyclic) bond motifs is 1. The number of aryl methyl sites for hydroxylation is 1. The minimum atomic E-state index is -0.488. The van der Waals surface area contributed by atoms with Crippen LogP contribution < -0.4 is 16.2 Å². The highest BCUT2D eigenvalue weighted by Gasteiger charge is 2.36. The van der Waals surface area contributed by atoms with Gasteiger partial charge in [0.15, 0.2) is 0 Å². The van der Waals surface area contributed by atoms with E-state index in [0.717, 1.165) is 5.56 Å². The number of unbranched alkanes of at least 4 members (excludes halogenated alkanes) is 1. The number of nitrogens with two attached hydrogens (primary N) is 1. The number of nitrogens with zero attached hydrogens (tertiary/aromatic N) is 1. The quantitative estimate of drug-likeness (QED) is 0.272. The molecule has 1 aliphatic heterocycles. The predicted octanol–water partition coefficient (Wildman–Crippen LogP) is 0.685. The van der Waals surface area contributed by atoms with Gasteiger partial charge in [0.05, 0.1) is 11.3 Å². The minimum absolute atomic E-state index is 0.231. The number of hydrazine groups is 1. The lowest BCUT2D eigenvalue weighted by Crippen LogP contribution is -2.32. The van der Waals surface area contributed by atoms with Gasteiger partial charge in [-0.3, -0.25) is 19.8 Å². The second kappa shape index (κ2) is 5.83. The van der Waals surface area contributed by atoms with Crippen LogP contribution in [0.5, 0.6) is 0 Å². The van der Waals surface area contributed by atoms with Crippen molar-refractivity contribution in [1.82, 2.24) is 5.43 Å². The molecule has 2 rings (SSSR count). The fraction of sp³-hybridized carbons (Fsp3) is 0.357. The SMILES string of the molecule is Cc1cccc2c1N(CCCCC(=O)NN)C(=O)C2=O. The van der Waals surface area contributed by atoms with E-state index >= 15 is 0 Å². The molecule has 0 saturated heterocycles. The maximum atomic E-state index is 12.0. The number of nitrogens with one attached hydrogen (secondary N) is 1. The summed E-state index contributed by atoms with van der Waals surface area (Å²) in [5, 5.41) is 0. The number of rotatable bonds is 5. The maximum absolute atomic E-state index is 12.0. The van der Waals surface area contributed by atoms with Crippen molar-refractivity contribution in [3.05, 3.63) is 29.3 Å². The van der Waals surface area contributed by atoms with Crippen LogP contribution in [-0.2, 0) is 9.59 Å². The molecule has 106 valence electrons. The molecule has 20 heavy (non-hydrogen) atoms. The molecule has 6 heteroatoms. The maximum Gasteiger partial charge on any atom is 0.299 e. The van der Waals surface area contributed by atoms with E-state index in [1.807, 2.05) is 13.0 Å². The van der Waals surface area contributed by atoms with Crippen LogP contribution in [0.15, 0.2) is 18.2 Å². The molecule has 0 aliphatic carbocycles. The number of Topliss-reactive ketones (excluding diaryl/α,β-unsaturated/α-hetero) is 1. The van der Waals surface area contributed by atoms with Crippen molar-refractivity contribution in [2.75, 3.05) is 11.4 Å². The monoisotopic (exact) mass is 275 g/mol. The van der Waals surface area contributed by atoms with E-state index in [-0.39, 0.29) is 5.91 Å². The predicted molar refractivity (Wildman–Crippen MR) is 74.0 cm³/mol. The third-order valence-electron chi connectivity index (χ3n) is 3.39. The van der Waals surface area contributed by atoms with Gasteiger partial charge in [-0.15, -0.1) is 0 Å². The van der Waals surface area contributed by atoms with Crippen LogP contribution in [0.4, 0.5) is 5.69 Å². The lowest BCUT2D eigenvalue weighted by molar-refractivity contribution is -0.121. The first kappa shape index (κ1) is 14.2. The average molecular weight is 275 g/mol. The zero-order valence-electron chi connectivity index (χ0n) is 11.3. The highest BCUT2D eigenvalue weighted by atomic mass is 16.2. The van der Waals surface area contributed by atoms with Gasteiger partial charge in [-0.25, -0.2) is 5.84 Å². The second-order valence-electron chi connectivity index (χ2n) is 4.78. The van der Waals surface area contributed by atoms with Crippen molar-refractivity contribution in [1.29, 1.82) is 0 Å². The highest BCUT2D eigenvalue weighted by Crippen LogP contribution is 2.32. The Hall–Kier alpha value is -2.21. The summed E-state index contributed by atoms with van der Waals surface area (Å²) in [7, 11) is 0. The Morgan fingerprint density at radius 3 is 2.75 bits per heavy atom. The summed E-state index contributed by atoms with van der Waals surface area (Å²) < 4.78 is 0. The van der Waals surface area contributed by atoms with E-state index in [1.54, 1.807) is 12.1 Å². The number of amides is 2. The number of carbonyl (C=O) groups is 3. The molecule has 1 heterocycles. The lowest BCUT2D eigenvalue weighted by atomic mass is 10.1. The van der Waals surface area contributed by atoms with Gasteiger partial charge in [-0.1, -0.05) is 12.1 Å². The van der Waals surface area contributed by atoms with Crippen molar-refractivity contribution in [2.45, 2.75) is 26.2 Å². The Bertz CT molecular complexity index is 569. The first-order valence-corrected chi connectivity index (χ1v) is 6.51. The zero-order chi connectivity index (χ0) is 14.7. The van der Waals surface area contributed by atoms with Crippen molar-refractivity contribution >= 4 is 23.3 Å². The average Bonchev–Trinajstić information content (AvgIpc) is 2.69. The molecule has 0 fully saturated rings. The summed E-state index contributed by atoms with van der Waals surface area (Å²) in [6, 6.07) is 5.32. The number of ketones is 1. The number of hydrogen-bond acceptors (Lipinski definition) is 4. The van der Waals surface area contributed by atoms with Crippen LogP contribution in [0.2, 0.25) is 0 Å². The van der Waals surface area contributed by atoms with Gasteiger partial charge >= 0.3 is 0 Å². The molecule has 0 atom stereocenters. The van der Waals surface area contributed by atoms with Gasteiger partial charge < -0.3 is 4.90 Å². The van der Waals surface area contributed by atoms with Crippen molar-refractivity contribution < 1.29 is 14.4 Å². The van der Waals surface area contributed by atoms with Crippen molar-refractivity contribution in [3.8, 4) is 0 Å².